The van der Waals surface area contributed by atoms with Crippen molar-refractivity contribution in [2.24, 2.45) is 5.92 Å². The molecule has 138 valence electrons. The molecule has 0 aromatic carbocycles. The molecular weight excluding hydrogens is 340 g/mol. The Hall–Kier alpha value is -1.77. The number of nitrogens with one attached hydrogen (secondary N) is 4. The third kappa shape index (κ3) is 4.87. The van der Waals surface area contributed by atoms with Crippen LogP contribution in [0.15, 0.2) is 0 Å². The van der Waals surface area contributed by atoms with Crippen LogP contribution in [0.4, 0.5) is 10.7 Å². The maximum Gasteiger partial charge on any atom is 0.315 e. The summed E-state index contributed by atoms with van der Waals surface area (Å²) in [4.78, 5) is 27.6. The normalized spacial score (nSPS) is 24.9. The zero-order valence-corrected chi connectivity index (χ0v) is 15.5. The van der Waals surface area contributed by atoms with Crippen molar-refractivity contribution in [3.8, 4) is 0 Å². The molecule has 2 saturated heterocycles. The number of fused-ring (bicyclic) bond motifs is 1. The molecule has 1 aromatic rings. The van der Waals surface area contributed by atoms with E-state index in [1.54, 1.807) is 0 Å². The molecule has 0 unspecified atom stereocenters. The molecule has 0 radical (unpaired) electrons. The van der Waals surface area contributed by atoms with E-state index in [1.165, 1.54) is 0 Å². The molecule has 3 amide bonds. The van der Waals surface area contributed by atoms with E-state index in [1.807, 2.05) is 11.8 Å². The molecule has 2 fully saturated rings. The first-order valence-electron chi connectivity index (χ1n) is 8.91. The van der Waals surface area contributed by atoms with E-state index in [9.17, 15) is 9.59 Å². The lowest BCUT2D eigenvalue weighted by Gasteiger charge is -2.16. The summed E-state index contributed by atoms with van der Waals surface area (Å²) in [6.07, 6.45) is 4.08. The molecule has 0 bridgehead atoms. The van der Waals surface area contributed by atoms with Gasteiger partial charge in [-0.1, -0.05) is 20.3 Å². The third-order valence-electron chi connectivity index (χ3n) is 4.47. The van der Waals surface area contributed by atoms with Crippen LogP contribution >= 0.6 is 11.8 Å². The maximum absolute atomic E-state index is 12.0. The fourth-order valence-electron chi connectivity index (χ4n) is 3.29. The lowest BCUT2D eigenvalue weighted by molar-refractivity contribution is -0.116. The van der Waals surface area contributed by atoms with Crippen molar-refractivity contribution >= 4 is 29.6 Å². The number of amides is 3. The van der Waals surface area contributed by atoms with E-state index < -0.39 is 0 Å². The highest BCUT2D eigenvalue weighted by Gasteiger charge is 2.42. The van der Waals surface area contributed by atoms with Crippen LogP contribution in [-0.4, -0.2) is 50.2 Å². The zero-order valence-electron chi connectivity index (χ0n) is 14.7. The first-order chi connectivity index (χ1) is 12.0. The van der Waals surface area contributed by atoms with Crippen molar-refractivity contribution in [3.63, 3.8) is 0 Å². The number of anilines is 1. The number of unbranched alkanes of at least 4 members (excludes halogenated alkanes) is 1. The van der Waals surface area contributed by atoms with E-state index in [-0.39, 0.29) is 24.0 Å². The Morgan fingerprint density at radius 1 is 1.36 bits per heavy atom. The summed E-state index contributed by atoms with van der Waals surface area (Å²) in [6, 6.07) is 0.443. The lowest BCUT2D eigenvalue weighted by Crippen LogP contribution is -2.36. The molecule has 9 heteroatoms. The number of carbonyl (C=O) groups excluding carboxylic acids is 2. The number of thioether (sulfide) groups is 1. The lowest BCUT2D eigenvalue weighted by atomic mass is 10.0. The van der Waals surface area contributed by atoms with Crippen LogP contribution in [0.2, 0.25) is 0 Å². The molecule has 3 atom stereocenters. The van der Waals surface area contributed by atoms with Gasteiger partial charge in [0, 0.05) is 23.8 Å². The monoisotopic (exact) mass is 366 g/mol. The second-order valence-corrected chi connectivity index (χ2v) is 8.39. The van der Waals surface area contributed by atoms with E-state index in [2.05, 4.69) is 45.0 Å². The van der Waals surface area contributed by atoms with Crippen LogP contribution in [0.5, 0.6) is 0 Å². The van der Waals surface area contributed by atoms with Gasteiger partial charge in [0.1, 0.15) is 5.82 Å². The molecule has 3 heterocycles. The van der Waals surface area contributed by atoms with E-state index in [0.29, 0.717) is 23.5 Å². The van der Waals surface area contributed by atoms with Crippen LogP contribution in [0, 0.1) is 5.92 Å². The van der Waals surface area contributed by atoms with Gasteiger partial charge in [0.15, 0.2) is 0 Å². The minimum atomic E-state index is -0.0529. The summed E-state index contributed by atoms with van der Waals surface area (Å²) in [5, 5.41) is 16.0. The third-order valence-corrected chi connectivity index (χ3v) is 5.97. The summed E-state index contributed by atoms with van der Waals surface area (Å²) >= 11 is 1.90. The number of aromatic nitrogens is 3. The molecule has 25 heavy (non-hydrogen) atoms. The molecule has 2 aliphatic rings. The zero-order chi connectivity index (χ0) is 17.8. The summed E-state index contributed by atoms with van der Waals surface area (Å²) < 4.78 is 0. The first kappa shape index (κ1) is 18.0. The highest BCUT2D eigenvalue weighted by molar-refractivity contribution is 8.00. The number of hydrogen-bond donors (Lipinski definition) is 4. The fourth-order valence-corrected chi connectivity index (χ4v) is 4.83. The molecule has 0 spiro atoms. The van der Waals surface area contributed by atoms with Gasteiger partial charge in [0.2, 0.25) is 11.9 Å². The number of hydrogen-bond acceptors (Lipinski definition) is 5. The number of aromatic amines is 1. The van der Waals surface area contributed by atoms with Gasteiger partial charge in [-0.25, -0.2) is 4.79 Å². The molecule has 0 aliphatic carbocycles. The summed E-state index contributed by atoms with van der Waals surface area (Å²) in [5.74, 6) is 2.56. The number of carbonyl (C=O) groups is 2. The Morgan fingerprint density at radius 2 is 2.20 bits per heavy atom. The van der Waals surface area contributed by atoms with Crippen molar-refractivity contribution < 1.29 is 9.59 Å². The summed E-state index contributed by atoms with van der Waals surface area (Å²) in [5.41, 5.74) is 0. The quantitative estimate of drug-likeness (QED) is 0.413. The average molecular weight is 366 g/mol. The SMILES string of the molecule is CC(C)Cc1nc(NC(=O)CCCC[C@@H]2SC[C@@H]3NC(=O)N[C@H]32)n[nH]1. The van der Waals surface area contributed by atoms with E-state index >= 15 is 0 Å². The van der Waals surface area contributed by atoms with Crippen LogP contribution in [0.25, 0.3) is 0 Å². The van der Waals surface area contributed by atoms with Crippen molar-refractivity contribution in [1.29, 1.82) is 0 Å². The van der Waals surface area contributed by atoms with Gasteiger partial charge >= 0.3 is 6.03 Å². The van der Waals surface area contributed by atoms with Gasteiger partial charge in [0.25, 0.3) is 0 Å². The Bertz CT molecular complexity index is 620. The molecule has 1 aromatic heterocycles. The number of urea groups is 1. The van der Waals surface area contributed by atoms with Crippen molar-refractivity contribution in [2.45, 2.75) is 63.3 Å². The van der Waals surface area contributed by atoms with Gasteiger partial charge in [-0.3, -0.25) is 15.2 Å². The van der Waals surface area contributed by atoms with Gasteiger partial charge in [-0.05, 0) is 18.8 Å². The smallest absolute Gasteiger partial charge is 0.315 e. The van der Waals surface area contributed by atoms with Crippen molar-refractivity contribution in [1.82, 2.24) is 25.8 Å². The molecule has 8 nitrogen and oxygen atoms in total. The first-order valence-corrected chi connectivity index (χ1v) is 9.96. The maximum atomic E-state index is 12.0. The van der Waals surface area contributed by atoms with E-state index in [0.717, 1.165) is 37.3 Å². The van der Waals surface area contributed by atoms with Crippen molar-refractivity contribution in [3.05, 3.63) is 5.82 Å². The Labute approximate surface area is 151 Å². The predicted octanol–water partition coefficient (Wildman–Crippen LogP) is 1.67. The summed E-state index contributed by atoms with van der Waals surface area (Å²) in [7, 11) is 0. The van der Waals surface area contributed by atoms with Crippen LogP contribution in [-0.2, 0) is 11.2 Å². The Balaban J connectivity index is 1.33. The molecule has 4 N–H and O–H groups in total. The average Bonchev–Trinajstić information content (AvgIpc) is 3.20. The Kier molecular flexibility index (Phi) is 5.82. The van der Waals surface area contributed by atoms with Crippen LogP contribution in [0.1, 0.15) is 45.4 Å². The number of rotatable bonds is 8. The minimum Gasteiger partial charge on any atom is -0.332 e. The van der Waals surface area contributed by atoms with Crippen molar-refractivity contribution in [2.75, 3.05) is 11.1 Å². The number of nitrogens with zero attached hydrogens (tertiary/aromatic N) is 2. The van der Waals surface area contributed by atoms with Gasteiger partial charge < -0.3 is 10.6 Å². The van der Waals surface area contributed by atoms with Crippen LogP contribution in [0.3, 0.4) is 0 Å². The van der Waals surface area contributed by atoms with Gasteiger partial charge in [-0.15, -0.1) is 5.10 Å². The van der Waals surface area contributed by atoms with Gasteiger partial charge in [0.05, 0.1) is 12.1 Å². The Morgan fingerprint density at radius 3 is 3.00 bits per heavy atom. The minimum absolute atomic E-state index is 0.0528. The van der Waals surface area contributed by atoms with E-state index in [4.69, 9.17) is 0 Å². The fraction of sp³-hybridized carbons (Fsp3) is 0.750. The molecule has 2 aliphatic heterocycles. The second-order valence-electron chi connectivity index (χ2n) is 7.12. The standard InChI is InChI=1S/C16H26N6O2S/c1-9(2)7-12-18-15(22-21-12)19-13(23)6-4-3-5-11-14-10(8-25-11)17-16(24)20-14/h9-11,14H,3-8H2,1-2H3,(H2,17,20,24)(H2,18,19,21,22,23)/t10-,11-,14+/m0/s1. The molecule has 3 rings (SSSR count). The molecular formula is C16H26N6O2S. The topological polar surface area (TPSA) is 112 Å². The second kappa shape index (κ2) is 8.07. The van der Waals surface area contributed by atoms with Gasteiger partial charge in [-0.2, -0.15) is 16.7 Å². The summed E-state index contributed by atoms with van der Waals surface area (Å²) in [6.45, 7) is 4.22. The molecule has 0 saturated carbocycles. The highest BCUT2D eigenvalue weighted by atomic mass is 32.2. The largest absolute Gasteiger partial charge is 0.332 e. The predicted molar refractivity (Wildman–Crippen MR) is 97.5 cm³/mol. The van der Waals surface area contributed by atoms with Crippen LogP contribution < -0.4 is 16.0 Å². The number of H-pyrrole nitrogens is 1. The highest BCUT2D eigenvalue weighted by Crippen LogP contribution is 2.33.